The first-order valence-corrected chi connectivity index (χ1v) is 5.01. The molecule has 0 aromatic rings. The molecule has 3 nitrogen and oxygen atoms in total. The standard InChI is InChI=1S/C10H15NO2/c1-7(12)11-10-4-9(5-10,6-10)8-2-13-3-8/h8H,2-6H2,1H3,(H,11,12). The Labute approximate surface area is 77.8 Å². The summed E-state index contributed by atoms with van der Waals surface area (Å²) in [5.41, 5.74) is 0.780. The third-order valence-electron chi connectivity index (χ3n) is 4.02. The Kier molecular flexibility index (Phi) is 1.25. The number of carbonyl (C=O) groups excluding carboxylic acids is 1. The SMILES string of the molecule is CC(=O)NC12CC(C3COC3)(C1)C2. The van der Waals surface area contributed by atoms with Gasteiger partial charge in [0, 0.05) is 18.4 Å². The van der Waals surface area contributed by atoms with Gasteiger partial charge in [-0.3, -0.25) is 4.79 Å². The van der Waals surface area contributed by atoms with Crippen LogP contribution in [0.25, 0.3) is 0 Å². The topological polar surface area (TPSA) is 38.3 Å². The maximum absolute atomic E-state index is 10.9. The van der Waals surface area contributed by atoms with E-state index in [1.165, 1.54) is 19.3 Å². The Balaban J connectivity index is 1.60. The molecule has 0 spiro atoms. The molecular weight excluding hydrogens is 166 g/mol. The van der Waals surface area contributed by atoms with Crippen molar-refractivity contribution in [2.24, 2.45) is 11.3 Å². The third kappa shape index (κ3) is 0.857. The summed E-state index contributed by atoms with van der Waals surface area (Å²) in [6.07, 6.45) is 3.61. The number of nitrogens with one attached hydrogen (secondary N) is 1. The fraction of sp³-hybridized carbons (Fsp3) is 0.900. The van der Waals surface area contributed by atoms with Gasteiger partial charge in [0.15, 0.2) is 0 Å². The van der Waals surface area contributed by atoms with Crippen LogP contribution in [-0.2, 0) is 9.53 Å². The van der Waals surface area contributed by atoms with Crippen LogP contribution in [0.1, 0.15) is 26.2 Å². The Morgan fingerprint density at radius 3 is 2.38 bits per heavy atom. The van der Waals surface area contributed by atoms with Gasteiger partial charge in [-0.15, -0.1) is 0 Å². The number of carbonyl (C=O) groups is 1. The maximum atomic E-state index is 10.9. The van der Waals surface area contributed by atoms with Crippen LogP contribution in [0.4, 0.5) is 0 Å². The molecular formula is C10H15NO2. The second-order valence-corrected chi connectivity index (χ2v) is 5.09. The Morgan fingerprint density at radius 2 is 2.00 bits per heavy atom. The number of amides is 1. The minimum atomic E-state index is 0.123. The van der Waals surface area contributed by atoms with E-state index in [1.54, 1.807) is 6.92 Å². The van der Waals surface area contributed by atoms with Gasteiger partial charge in [-0.25, -0.2) is 0 Å². The minimum Gasteiger partial charge on any atom is -0.381 e. The molecule has 1 N–H and O–H groups in total. The summed E-state index contributed by atoms with van der Waals surface area (Å²) in [6.45, 7) is 3.52. The molecule has 1 aliphatic heterocycles. The van der Waals surface area contributed by atoms with Gasteiger partial charge in [-0.1, -0.05) is 0 Å². The third-order valence-corrected chi connectivity index (χ3v) is 4.02. The van der Waals surface area contributed by atoms with Crippen molar-refractivity contribution in [3.63, 3.8) is 0 Å². The summed E-state index contributed by atoms with van der Waals surface area (Å²) >= 11 is 0. The second-order valence-electron chi connectivity index (χ2n) is 5.09. The average molecular weight is 181 g/mol. The van der Waals surface area contributed by atoms with Crippen LogP contribution in [0.3, 0.4) is 0 Å². The molecule has 0 radical (unpaired) electrons. The van der Waals surface area contributed by atoms with Crippen LogP contribution in [0.15, 0.2) is 0 Å². The molecule has 3 aliphatic carbocycles. The fourth-order valence-corrected chi connectivity index (χ4v) is 3.39. The highest BCUT2D eigenvalue weighted by Gasteiger charge is 2.71. The highest BCUT2D eigenvalue weighted by Crippen LogP contribution is 2.71. The van der Waals surface area contributed by atoms with E-state index in [1.807, 2.05) is 0 Å². The Hall–Kier alpha value is -0.570. The molecule has 4 aliphatic rings. The van der Waals surface area contributed by atoms with Crippen molar-refractivity contribution < 1.29 is 9.53 Å². The molecule has 0 aromatic carbocycles. The predicted molar refractivity (Wildman–Crippen MR) is 47.1 cm³/mol. The molecule has 3 saturated carbocycles. The molecule has 4 rings (SSSR count). The molecule has 1 amide bonds. The largest absolute Gasteiger partial charge is 0.381 e. The summed E-state index contributed by atoms with van der Waals surface area (Å²) in [4.78, 5) is 10.9. The molecule has 72 valence electrons. The lowest BCUT2D eigenvalue weighted by atomic mass is 9.35. The van der Waals surface area contributed by atoms with Gasteiger partial charge in [0.05, 0.1) is 13.2 Å². The maximum Gasteiger partial charge on any atom is 0.217 e. The van der Waals surface area contributed by atoms with Crippen molar-refractivity contribution in [1.29, 1.82) is 0 Å². The van der Waals surface area contributed by atoms with Crippen molar-refractivity contribution in [3.8, 4) is 0 Å². The highest BCUT2D eigenvalue weighted by molar-refractivity contribution is 5.74. The van der Waals surface area contributed by atoms with Crippen LogP contribution in [0, 0.1) is 11.3 Å². The number of ether oxygens (including phenoxy) is 1. The smallest absolute Gasteiger partial charge is 0.217 e. The molecule has 3 heteroatoms. The zero-order valence-corrected chi connectivity index (χ0v) is 7.93. The zero-order chi connectivity index (χ0) is 9.10. The Morgan fingerprint density at radius 1 is 1.38 bits per heavy atom. The molecule has 13 heavy (non-hydrogen) atoms. The summed E-state index contributed by atoms with van der Waals surface area (Å²) in [5, 5.41) is 3.07. The van der Waals surface area contributed by atoms with Gasteiger partial charge in [0.25, 0.3) is 0 Å². The first kappa shape index (κ1) is 7.80. The van der Waals surface area contributed by atoms with Gasteiger partial charge in [0.2, 0.25) is 5.91 Å². The molecule has 1 heterocycles. The lowest BCUT2D eigenvalue weighted by molar-refractivity contribution is -0.245. The van der Waals surface area contributed by atoms with Crippen molar-refractivity contribution >= 4 is 5.91 Å². The van der Waals surface area contributed by atoms with E-state index >= 15 is 0 Å². The quantitative estimate of drug-likeness (QED) is 0.680. The van der Waals surface area contributed by atoms with Gasteiger partial charge in [0.1, 0.15) is 0 Å². The van der Waals surface area contributed by atoms with E-state index < -0.39 is 0 Å². The lowest BCUT2D eigenvalue weighted by Crippen LogP contribution is -2.78. The van der Waals surface area contributed by atoms with Crippen LogP contribution in [0.2, 0.25) is 0 Å². The van der Waals surface area contributed by atoms with Crippen LogP contribution in [0.5, 0.6) is 0 Å². The molecule has 0 unspecified atom stereocenters. The van der Waals surface area contributed by atoms with Gasteiger partial charge in [-0.2, -0.15) is 0 Å². The van der Waals surface area contributed by atoms with Crippen LogP contribution in [-0.4, -0.2) is 24.7 Å². The summed E-state index contributed by atoms with van der Waals surface area (Å²) < 4.78 is 5.21. The van der Waals surface area contributed by atoms with Crippen molar-refractivity contribution in [3.05, 3.63) is 0 Å². The first-order chi connectivity index (χ1) is 6.14. The molecule has 4 fully saturated rings. The normalized spacial score (nSPS) is 47.2. The van der Waals surface area contributed by atoms with Crippen LogP contribution >= 0.6 is 0 Å². The van der Waals surface area contributed by atoms with Gasteiger partial charge >= 0.3 is 0 Å². The summed E-state index contributed by atoms with van der Waals surface area (Å²) in [5.74, 6) is 0.918. The van der Waals surface area contributed by atoms with E-state index in [0.717, 1.165) is 19.1 Å². The molecule has 0 atom stereocenters. The predicted octanol–water partition coefficient (Wildman–Crippen LogP) is 0.692. The minimum absolute atomic E-state index is 0.123. The first-order valence-electron chi connectivity index (χ1n) is 5.01. The second kappa shape index (κ2) is 2.08. The highest BCUT2D eigenvalue weighted by atomic mass is 16.5. The van der Waals surface area contributed by atoms with E-state index in [-0.39, 0.29) is 11.4 Å². The Bertz CT molecular complexity index is 250. The van der Waals surface area contributed by atoms with E-state index in [4.69, 9.17) is 4.74 Å². The van der Waals surface area contributed by atoms with E-state index in [0.29, 0.717) is 5.41 Å². The number of hydrogen-bond donors (Lipinski definition) is 1. The van der Waals surface area contributed by atoms with Crippen molar-refractivity contribution in [2.45, 2.75) is 31.7 Å². The monoisotopic (exact) mass is 181 g/mol. The fourth-order valence-electron chi connectivity index (χ4n) is 3.39. The summed E-state index contributed by atoms with van der Waals surface area (Å²) in [6, 6.07) is 0. The van der Waals surface area contributed by atoms with Gasteiger partial charge in [-0.05, 0) is 24.7 Å². The van der Waals surface area contributed by atoms with Crippen LogP contribution < -0.4 is 5.32 Å². The van der Waals surface area contributed by atoms with E-state index in [9.17, 15) is 4.79 Å². The van der Waals surface area contributed by atoms with Crippen molar-refractivity contribution in [1.82, 2.24) is 5.32 Å². The zero-order valence-electron chi connectivity index (χ0n) is 7.93. The number of rotatable bonds is 2. The van der Waals surface area contributed by atoms with Gasteiger partial charge < -0.3 is 10.1 Å². The van der Waals surface area contributed by atoms with Crippen molar-refractivity contribution in [2.75, 3.05) is 13.2 Å². The lowest BCUT2D eigenvalue weighted by Gasteiger charge is -2.74. The molecule has 2 bridgehead atoms. The molecule has 0 aromatic heterocycles. The number of hydrogen-bond acceptors (Lipinski definition) is 2. The van der Waals surface area contributed by atoms with E-state index in [2.05, 4.69) is 5.32 Å². The summed E-state index contributed by atoms with van der Waals surface area (Å²) in [7, 11) is 0. The molecule has 1 saturated heterocycles. The average Bonchev–Trinajstić information content (AvgIpc) is 1.74.